The Kier molecular flexibility index (Phi) is 4.78. The molecule has 0 aliphatic rings. The molecule has 14 heavy (non-hydrogen) atoms. The normalized spacial score (nSPS) is 10.9. The molecule has 0 atom stereocenters. The Morgan fingerprint density at radius 1 is 1.64 bits per heavy atom. The number of hydrogen-bond donors (Lipinski definition) is 0. The molecule has 1 heterocycles. The van der Waals surface area contributed by atoms with Gasteiger partial charge in [-0.15, -0.1) is 11.3 Å². The summed E-state index contributed by atoms with van der Waals surface area (Å²) in [6.45, 7) is 4.93. The Balaban J connectivity index is 2.40. The van der Waals surface area contributed by atoms with Crippen LogP contribution in [0.4, 0.5) is 0 Å². The number of hydrogen-bond acceptors (Lipinski definition) is 3. The number of thiophene rings is 1. The van der Waals surface area contributed by atoms with Crippen LogP contribution in [0.3, 0.4) is 0 Å². The van der Waals surface area contributed by atoms with Crippen molar-refractivity contribution in [3.63, 3.8) is 0 Å². The molecule has 78 valence electrons. The van der Waals surface area contributed by atoms with Gasteiger partial charge in [-0.2, -0.15) is 0 Å². The van der Waals surface area contributed by atoms with Crippen molar-refractivity contribution in [3.05, 3.63) is 20.8 Å². The molecule has 1 aromatic heterocycles. The average Bonchev–Trinajstić information content (AvgIpc) is 2.50. The molecule has 1 rings (SSSR count). The maximum absolute atomic E-state index is 11.6. The van der Waals surface area contributed by atoms with Crippen molar-refractivity contribution in [3.8, 4) is 0 Å². The molecule has 0 saturated heterocycles. The second kappa shape index (κ2) is 5.63. The zero-order chi connectivity index (χ0) is 10.6. The highest BCUT2D eigenvalue weighted by Gasteiger charge is 2.11. The van der Waals surface area contributed by atoms with E-state index in [2.05, 4.69) is 29.8 Å². The lowest BCUT2D eigenvalue weighted by Crippen LogP contribution is -2.11. The molecule has 0 bridgehead atoms. The van der Waals surface area contributed by atoms with Crippen molar-refractivity contribution in [2.45, 2.75) is 13.8 Å². The first-order chi connectivity index (χ1) is 6.61. The first-order valence-corrected chi connectivity index (χ1v) is 6.12. The Morgan fingerprint density at radius 2 is 2.36 bits per heavy atom. The molecule has 4 heteroatoms. The number of ether oxygens (including phenoxy) is 1. The van der Waals surface area contributed by atoms with Crippen LogP contribution in [-0.2, 0) is 4.74 Å². The third kappa shape index (κ3) is 3.52. The average molecular weight is 277 g/mol. The van der Waals surface area contributed by atoms with Crippen LogP contribution in [0.1, 0.15) is 23.5 Å². The summed E-state index contributed by atoms with van der Waals surface area (Å²) < 4.78 is 6.13. The second-order valence-corrected chi connectivity index (χ2v) is 5.20. The molecular formula is C10H13BrO2S. The zero-order valence-electron chi connectivity index (χ0n) is 8.25. The molecule has 0 unspecified atom stereocenters. The SMILES string of the molecule is CC(C)COCC(=O)c1sccc1Br. The molecule has 0 radical (unpaired) electrons. The lowest BCUT2D eigenvalue weighted by molar-refractivity contribution is 0.0709. The second-order valence-electron chi connectivity index (χ2n) is 3.43. The van der Waals surface area contributed by atoms with Gasteiger partial charge in [0.25, 0.3) is 0 Å². The van der Waals surface area contributed by atoms with E-state index >= 15 is 0 Å². The summed E-state index contributed by atoms with van der Waals surface area (Å²) in [4.78, 5) is 12.3. The topological polar surface area (TPSA) is 26.3 Å². The summed E-state index contributed by atoms with van der Waals surface area (Å²) in [7, 11) is 0. The van der Waals surface area contributed by atoms with Gasteiger partial charge in [-0.3, -0.25) is 4.79 Å². The fourth-order valence-electron chi connectivity index (χ4n) is 0.946. The minimum absolute atomic E-state index is 0.0486. The van der Waals surface area contributed by atoms with Crippen LogP contribution >= 0.6 is 27.3 Å². The maximum atomic E-state index is 11.6. The Bertz CT molecular complexity index is 307. The van der Waals surface area contributed by atoms with Crippen molar-refractivity contribution < 1.29 is 9.53 Å². The molecule has 0 aliphatic carbocycles. The molecular weight excluding hydrogens is 264 g/mol. The number of carbonyl (C=O) groups excluding carboxylic acids is 1. The lowest BCUT2D eigenvalue weighted by Gasteiger charge is -2.05. The Labute approximate surface area is 96.4 Å². The van der Waals surface area contributed by atoms with Gasteiger partial charge in [0.2, 0.25) is 0 Å². The van der Waals surface area contributed by atoms with Gasteiger partial charge in [-0.1, -0.05) is 13.8 Å². The molecule has 0 spiro atoms. The standard InChI is InChI=1S/C10H13BrO2S/c1-7(2)5-13-6-9(12)10-8(11)3-4-14-10/h3-4,7H,5-6H2,1-2H3. The van der Waals surface area contributed by atoms with Gasteiger partial charge in [0, 0.05) is 11.1 Å². The van der Waals surface area contributed by atoms with Crippen LogP contribution in [-0.4, -0.2) is 19.0 Å². The molecule has 1 aromatic rings. The van der Waals surface area contributed by atoms with E-state index in [0.29, 0.717) is 12.5 Å². The molecule has 0 fully saturated rings. The molecule has 0 amide bonds. The van der Waals surface area contributed by atoms with E-state index in [4.69, 9.17) is 4.74 Å². The smallest absolute Gasteiger partial charge is 0.199 e. The molecule has 2 nitrogen and oxygen atoms in total. The summed E-state index contributed by atoms with van der Waals surface area (Å²) in [6, 6.07) is 1.88. The van der Waals surface area contributed by atoms with Gasteiger partial charge < -0.3 is 4.74 Å². The quantitative estimate of drug-likeness (QED) is 0.771. The summed E-state index contributed by atoms with van der Waals surface area (Å²) >= 11 is 4.76. The minimum atomic E-state index is 0.0486. The summed E-state index contributed by atoms with van der Waals surface area (Å²) in [6.07, 6.45) is 0. The number of Topliss-reactive ketones (excluding diaryl/α,β-unsaturated/α-hetero) is 1. The van der Waals surface area contributed by atoms with Crippen molar-refractivity contribution in [2.75, 3.05) is 13.2 Å². The lowest BCUT2D eigenvalue weighted by atomic mass is 10.2. The van der Waals surface area contributed by atoms with Gasteiger partial charge in [0.1, 0.15) is 6.61 Å². The van der Waals surface area contributed by atoms with Crippen molar-refractivity contribution in [1.82, 2.24) is 0 Å². The van der Waals surface area contributed by atoms with Gasteiger partial charge >= 0.3 is 0 Å². The van der Waals surface area contributed by atoms with E-state index in [9.17, 15) is 4.79 Å². The number of rotatable bonds is 5. The summed E-state index contributed by atoms with van der Waals surface area (Å²) in [5.74, 6) is 0.516. The molecule has 0 N–H and O–H groups in total. The van der Waals surface area contributed by atoms with E-state index in [0.717, 1.165) is 9.35 Å². The van der Waals surface area contributed by atoms with E-state index in [1.165, 1.54) is 11.3 Å². The van der Waals surface area contributed by atoms with Gasteiger partial charge in [-0.05, 0) is 33.3 Å². The van der Waals surface area contributed by atoms with E-state index in [1.807, 2.05) is 11.4 Å². The van der Waals surface area contributed by atoms with Crippen LogP contribution in [0.15, 0.2) is 15.9 Å². The fraction of sp³-hybridized carbons (Fsp3) is 0.500. The molecule has 0 saturated carbocycles. The number of ketones is 1. The first-order valence-electron chi connectivity index (χ1n) is 4.45. The van der Waals surface area contributed by atoms with Gasteiger partial charge in [-0.25, -0.2) is 0 Å². The Hall–Kier alpha value is -0.190. The largest absolute Gasteiger partial charge is 0.373 e. The highest BCUT2D eigenvalue weighted by Crippen LogP contribution is 2.22. The van der Waals surface area contributed by atoms with E-state index in [-0.39, 0.29) is 12.4 Å². The predicted octanol–water partition coefficient (Wildman–Crippen LogP) is 3.37. The van der Waals surface area contributed by atoms with Crippen LogP contribution < -0.4 is 0 Å². The number of carbonyl (C=O) groups is 1. The summed E-state index contributed by atoms with van der Waals surface area (Å²) in [5.41, 5.74) is 0. The molecule has 0 aromatic carbocycles. The van der Waals surface area contributed by atoms with Crippen LogP contribution in [0.25, 0.3) is 0 Å². The monoisotopic (exact) mass is 276 g/mol. The highest BCUT2D eigenvalue weighted by atomic mass is 79.9. The minimum Gasteiger partial charge on any atom is -0.373 e. The van der Waals surface area contributed by atoms with Crippen molar-refractivity contribution in [1.29, 1.82) is 0 Å². The Morgan fingerprint density at radius 3 is 2.86 bits per heavy atom. The third-order valence-electron chi connectivity index (χ3n) is 1.55. The fourth-order valence-corrected chi connectivity index (χ4v) is 2.47. The maximum Gasteiger partial charge on any atom is 0.199 e. The van der Waals surface area contributed by atoms with Crippen molar-refractivity contribution >= 4 is 33.0 Å². The third-order valence-corrected chi connectivity index (χ3v) is 3.43. The first kappa shape index (κ1) is 11.9. The molecule has 0 aliphatic heterocycles. The van der Waals surface area contributed by atoms with Crippen molar-refractivity contribution in [2.24, 2.45) is 5.92 Å². The van der Waals surface area contributed by atoms with Gasteiger partial charge in [0.05, 0.1) is 4.88 Å². The number of halogens is 1. The van der Waals surface area contributed by atoms with Crippen LogP contribution in [0, 0.1) is 5.92 Å². The van der Waals surface area contributed by atoms with Crippen LogP contribution in [0.5, 0.6) is 0 Å². The predicted molar refractivity (Wildman–Crippen MR) is 62.0 cm³/mol. The van der Waals surface area contributed by atoms with Crippen LogP contribution in [0.2, 0.25) is 0 Å². The van der Waals surface area contributed by atoms with E-state index in [1.54, 1.807) is 0 Å². The zero-order valence-corrected chi connectivity index (χ0v) is 10.7. The van der Waals surface area contributed by atoms with Gasteiger partial charge in [0.15, 0.2) is 5.78 Å². The summed E-state index contributed by atoms with van der Waals surface area (Å²) in [5, 5.41) is 1.89. The van der Waals surface area contributed by atoms with E-state index < -0.39 is 0 Å². The highest BCUT2D eigenvalue weighted by molar-refractivity contribution is 9.10.